The van der Waals surface area contributed by atoms with Crippen LogP contribution in [0.3, 0.4) is 0 Å². The molecule has 0 bridgehead atoms. The molecule has 3 nitrogen and oxygen atoms in total. The molecule has 2 rings (SSSR count). The summed E-state index contributed by atoms with van der Waals surface area (Å²) < 4.78 is 0. The standard InChI is InChI=1S/C9H7ClN2O/c1-5(13)9-11-7-4-2-3-6(10)8(7)12-9/h2-4H,1H3,(H,11,12). The summed E-state index contributed by atoms with van der Waals surface area (Å²) >= 11 is 5.88. The number of aromatic amines is 1. The number of ketones is 1. The third-order valence-electron chi connectivity index (χ3n) is 1.80. The summed E-state index contributed by atoms with van der Waals surface area (Å²) in [6.45, 7) is 1.46. The summed E-state index contributed by atoms with van der Waals surface area (Å²) in [6.07, 6.45) is 0. The van der Waals surface area contributed by atoms with Gasteiger partial charge in [0.15, 0.2) is 11.6 Å². The molecule has 0 aliphatic rings. The van der Waals surface area contributed by atoms with Crippen molar-refractivity contribution < 1.29 is 4.79 Å². The van der Waals surface area contributed by atoms with Crippen molar-refractivity contribution in [1.82, 2.24) is 9.97 Å². The molecule has 0 atom stereocenters. The molecule has 1 aromatic heterocycles. The molecule has 0 spiro atoms. The number of carbonyl (C=O) groups is 1. The van der Waals surface area contributed by atoms with Gasteiger partial charge in [0, 0.05) is 6.92 Å². The third-order valence-corrected chi connectivity index (χ3v) is 2.10. The molecule has 0 saturated carbocycles. The quantitative estimate of drug-likeness (QED) is 0.709. The highest BCUT2D eigenvalue weighted by atomic mass is 35.5. The monoisotopic (exact) mass is 194 g/mol. The average molecular weight is 195 g/mol. The smallest absolute Gasteiger partial charge is 0.195 e. The van der Waals surface area contributed by atoms with E-state index < -0.39 is 0 Å². The first-order chi connectivity index (χ1) is 6.18. The minimum Gasteiger partial charge on any atom is -0.335 e. The Morgan fingerprint density at radius 3 is 2.92 bits per heavy atom. The fourth-order valence-electron chi connectivity index (χ4n) is 1.16. The van der Waals surface area contributed by atoms with Gasteiger partial charge in [-0.25, -0.2) is 4.98 Å². The molecule has 0 radical (unpaired) electrons. The first-order valence-corrected chi connectivity index (χ1v) is 4.21. The summed E-state index contributed by atoms with van der Waals surface area (Å²) in [7, 11) is 0. The molecular formula is C9H7ClN2O. The van der Waals surface area contributed by atoms with Crippen LogP contribution >= 0.6 is 11.6 Å². The van der Waals surface area contributed by atoms with E-state index in [0.29, 0.717) is 16.4 Å². The number of nitrogens with zero attached hydrogens (tertiary/aromatic N) is 1. The SMILES string of the molecule is CC(=O)c1nc2c(Cl)cccc2[nH]1. The largest absolute Gasteiger partial charge is 0.335 e. The fourth-order valence-corrected chi connectivity index (χ4v) is 1.38. The number of halogens is 1. The second-order valence-corrected chi connectivity index (χ2v) is 3.18. The van der Waals surface area contributed by atoms with Gasteiger partial charge in [-0.05, 0) is 12.1 Å². The highest BCUT2D eigenvalue weighted by Crippen LogP contribution is 2.20. The van der Waals surface area contributed by atoms with Crippen molar-refractivity contribution in [3.63, 3.8) is 0 Å². The van der Waals surface area contributed by atoms with Crippen molar-refractivity contribution in [2.45, 2.75) is 6.92 Å². The lowest BCUT2D eigenvalue weighted by Gasteiger charge is -1.88. The van der Waals surface area contributed by atoms with Crippen molar-refractivity contribution >= 4 is 28.4 Å². The van der Waals surface area contributed by atoms with Crippen molar-refractivity contribution in [3.05, 3.63) is 29.0 Å². The predicted octanol–water partition coefficient (Wildman–Crippen LogP) is 2.42. The number of Topliss-reactive ketones (excluding diaryl/α,β-unsaturated/α-hetero) is 1. The Hall–Kier alpha value is -1.35. The zero-order valence-corrected chi connectivity index (χ0v) is 7.72. The number of fused-ring (bicyclic) bond motifs is 1. The number of carbonyl (C=O) groups excluding carboxylic acids is 1. The molecule has 1 N–H and O–H groups in total. The van der Waals surface area contributed by atoms with E-state index in [1.54, 1.807) is 6.07 Å². The molecule has 0 amide bonds. The number of rotatable bonds is 1. The van der Waals surface area contributed by atoms with Gasteiger partial charge in [0.25, 0.3) is 0 Å². The Bertz CT molecular complexity index is 475. The number of para-hydroxylation sites is 1. The van der Waals surface area contributed by atoms with E-state index in [2.05, 4.69) is 9.97 Å². The van der Waals surface area contributed by atoms with Crippen molar-refractivity contribution in [3.8, 4) is 0 Å². The lowest BCUT2D eigenvalue weighted by atomic mass is 10.3. The second-order valence-electron chi connectivity index (χ2n) is 2.78. The molecule has 66 valence electrons. The van der Waals surface area contributed by atoms with E-state index in [1.165, 1.54) is 6.92 Å². The van der Waals surface area contributed by atoms with Crippen LogP contribution in [0, 0.1) is 0 Å². The minimum atomic E-state index is -0.0905. The number of H-pyrrole nitrogens is 1. The van der Waals surface area contributed by atoms with E-state index in [-0.39, 0.29) is 5.78 Å². The van der Waals surface area contributed by atoms with Gasteiger partial charge in [-0.3, -0.25) is 4.79 Å². The maximum Gasteiger partial charge on any atom is 0.195 e. The molecule has 2 aromatic rings. The number of imidazole rings is 1. The van der Waals surface area contributed by atoms with Gasteiger partial charge < -0.3 is 4.98 Å². The van der Waals surface area contributed by atoms with Gasteiger partial charge in [0.1, 0.15) is 5.52 Å². The molecule has 1 heterocycles. The predicted molar refractivity (Wildman–Crippen MR) is 51.1 cm³/mol. The van der Waals surface area contributed by atoms with E-state index in [1.807, 2.05) is 12.1 Å². The van der Waals surface area contributed by atoms with Crippen LogP contribution in [-0.4, -0.2) is 15.8 Å². The zero-order valence-electron chi connectivity index (χ0n) is 6.97. The zero-order chi connectivity index (χ0) is 9.42. The summed E-state index contributed by atoms with van der Waals surface area (Å²) in [4.78, 5) is 18.0. The number of nitrogens with one attached hydrogen (secondary N) is 1. The fraction of sp³-hybridized carbons (Fsp3) is 0.111. The van der Waals surface area contributed by atoms with Gasteiger partial charge in [0.2, 0.25) is 0 Å². The Morgan fingerprint density at radius 2 is 2.31 bits per heavy atom. The first-order valence-electron chi connectivity index (χ1n) is 3.83. The average Bonchev–Trinajstić information content (AvgIpc) is 2.49. The van der Waals surface area contributed by atoms with Crippen molar-refractivity contribution in [2.24, 2.45) is 0 Å². The molecule has 0 unspecified atom stereocenters. The van der Waals surface area contributed by atoms with Crippen LogP contribution in [0.15, 0.2) is 18.2 Å². The van der Waals surface area contributed by atoms with E-state index in [4.69, 9.17) is 11.6 Å². The number of benzene rings is 1. The van der Waals surface area contributed by atoms with Gasteiger partial charge in [-0.15, -0.1) is 0 Å². The molecule has 13 heavy (non-hydrogen) atoms. The second kappa shape index (κ2) is 2.85. The van der Waals surface area contributed by atoms with Crippen LogP contribution in [0.25, 0.3) is 11.0 Å². The number of aromatic nitrogens is 2. The molecule has 0 fully saturated rings. The lowest BCUT2D eigenvalue weighted by Crippen LogP contribution is -1.93. The Kier molecular flexibility index (Phi) is 1.81. The summed E-state index contributed by atoms with van der Waals surface area (Å²) in [5, 5.41) is 0.557. The van der Waals surface area contributed by atoms with E-state index in [9.17, 15) is 4.79 Å². The lowest BCUT2D eigenvalue weighted by molar-refractivity contribution is 0.100. The normalized spacial score (nSPS) is 10.6. The topological polar surface area (TPSA) is 45.8 Å². The minimum absolute atomic E-state index is 0.0905. The highest BCUT2D eigenvalue weighted by Gasteiger charge is 2.08. The molecule has 0 saturated heterocycles. The third kappa shape index (κ3) is 1.31. The molecule has 1 aromatic carbocycles. The summed E-state index contributed by atoms with van der Waals surface area (Å²) in [5.74, 6) is 0.260. The Labute approximate surface area is 79.7 Å². The van der Waals surface area contributed by atoms with Gasteiger partial charge >= 0.3 is 0 Å². The highest BCUT2D eigenvalue weighted by molar-refractivity contribution is 6.35. The van der Waals surface area contributed by atoms with Gasteiger partial charge in [-0.2, -0.15) is 0 Å². The van der Waals surface area contributed by atoms with E-state index in [0.717, 1.165) is 5.52 Å². The summed E-state index contributed by atoms with van der Waals surface area (Å²) in [5.41, 5.74) is 1.44. The van der Waals surface area contributed by atoms with Crippen LogP contribution in [-0.2, 0) is 0 Å². The maximum absolute atomic E-state index is 11.0. The number of hydrogen-bond acceptors (Lipinski definition) is 2. The van der Waals surface area contributed by atoms with Gasteiger partial charge in [0.05, 0.1) is 10.5 Å². The Morgan fingerprint density at radius 1 is 1.54 bits per heavy atom. The van der Waals surface area contributed by atoms with Gasteiger partial charge in [-0.1, -0.05) is 17.7 Å². The Balaban J connectivity index is 2.75. The molecular weight excluding hydrogens is 188 g/mol. The van der Waals surface area contributed by atoms with E-state index >= 15 is 0 Å². The maximum atomic E-state index is 11.0. The van der Waals surface area contributed by atoms with Crippen LogP contribution in [0.5, 0.6) is 0 Å². The van der Waals surface area contributed by atoms with Crippen LogP contribution in [0.1, 0.15) is 17.5 Å². The summed E-state index contributed by atoms with van der Waals surface area (Å²) in [6, 6.07) is 5.39. The molecule has 0 aliphatic carbocycles. The number of hydrogen-bond donors (Lipinski definition) is 1. The van der Waals surface area contributed by atoms with Crippen LogP contribution in [0.4, 0.5) is 0 Å². The van der Waals surface area contributed by atoms with Crippen molar-refractivity contribution in [2.75, 3.05) is 0 Å². The first kappa shape index (κ1) is 8.26. The molecule has 4 heteroatoms. The van der Waals surface area contributed by atoms with Crippen molar-refractivity contribution in [1.29, 1.82) is 0 Å². The molecule has 0 aliphatic heterocycles. The van der Waals surface area contributed by atoms with Crippen LogP contribution in [0.2, 0.25) is 5.02 Å². The van der Waals surface area contributed by atoms with Crippen LogP contribution < -0.4 is 0 Å².